The number of fused-ring (bicyclic) bond motifs is 1. The van der Waals surface area contributed by atoms with Crippen LogP contribution in [0.5, 0.6) is 0 Å². The fraction of sp³-hybridized carbons (Fsp3) is 0. The first kappa shape index (κ1) is 13.9. The van der Waals surface area contributed by atoms with E-state index in [0.717, 1.165) is 15.7 Å². The molecule has 0 unspecified atom stereocenters. The van der Waals surface area contributed by atoms with Crippen LogP contribution in [0.3, 0.4) is 0 Å². The van der Waals surface area contributed by atoms with E-state index in [0.29, 0.717) is 5.03 Å². The van der Waals surface area contributed by atoms with Crippen molar-refractivity contribution in [2.24, 2.45) is 0 Å². The summed E-state index contributed by atoms with van der Waals surface area (Å²) in [5.74, 6) is 0. The minimum atomic E-state index is -0.474. The van der Waals surface area contributed by atoms with Crippen molar-refractivity contribution in [2.75, 3.05) is 0 Å². The third kappa shape index (κ3) is 3.15. The maximum atomic E-state index is 10.8. The lowest BCUT2D eigenvalue weighted by Gasteiger charge is -2.04. The van der Waals surface area contributed by atoms with Crippen LogP contribution in [-0.2, 0) is 0 Å². The zero-order valence-electron chi connectivity index (χ0n) is 10.7. The number of benzene rings is 2. The number of hydrogen-bond acceptors (Lipinski definition) is 4. The first-order valence-electron chi connectivity index (χ1n) is 6.10. The minimum absolute atomic E-state index is 0.0571. The predicted octanol–water partition coefficient (Wildman–Crippen LogP) is 4.95. The van der Waals surface area contributed by atoms with Crippen molar-refractivity contribution in [3.05, 3.63) is 69.9 Å². The Kier molecular flexibility index (Phi) is 3.77. The summed E-state index contributed by atoms with van der Waals surface area (Å²) in [6, 6.07) is 16.7. The molecule has 0 bridgehead atoms. The van der Waals surface area contributed by atoms with Crippen LogP contribution in [0.25, 0.3) is 10.8 Å². The summed E-state index contributed by atoms with van der Waals surface area (Å²) in [5.41, 5.74) is -0.0571. The fourth-order valence-electron chi connectivity index (χ4n) is 1.97. The summed E-state index contributed by atoms with van der Waals surface area (Å²) in [7, 11) is 0. The van der Waals surface area contributed by atoms with Crippen molar-refractivity contribution < 1.29 is 4.92 Å². The monoisotopic (exact) mass is 316 g/mol. The second kappa shape index (κ2) is 5.71. The summed E-state index contributed by atoms with van der Waals surface area (Å²) in [6.45, 7) is 0. The molecule has 0 saturated carbocycles. The molecular weight excluding hydrogens is 308 g/mol. The lowest BCUT2D eigenvalue weighted by atomic mass is 10.1. The van der Waals surface area contributed by atoms with E-state index in [4.69, 9.17) is 11.6 Å². The highest BCUT2D eigenvalue weighted by Gasteiger charge is 2.11. The molecule has 0 N–H and O–H groups in total. The Balaban J connectivity index is 1.96. The van der Waals surface area contributed by atoms with Gasteiger partial charge in [0, 0.05) is 11.0 Å². The van der Waals surface area contributed by atoms with Crippen molar-refractivity contribution in [3.8, 4) is 0 Å². The number of nitrogens with zero attached hydrogens (tertiary/aromatic N) is 2. The van der Waals surface area contributed by atoms with E-state index in [1.54, 1.807) is 0 Å². The molecule has 104 valence electrons. The molecule has 1 heterocycles. The van der Waals surface area contributed by atoms with E-state index in [2.05, 4.69) is 4.98 Å². The molecule has 0 spiro atoms. The van der Waals surface area contributed by atoms with Gasteiger partial charge in [0.1, 0.15) is 10.2 Å². The van der Waals surface area contributed by atoms with E-state index >= 15 is 0 Å². The van der Waals surface area contributed by atoms with E-state index < -0.39 is 4.92 Å². The maximum Gasteiger partial charge on any atom is 0.275 e. The normalized spacial score (nSPS) is 10.7. The van der Waals surface area contributed by atoms with Gasteiger partial charge in [-0.05, 0) is 22.9 Å². The predicted molar refractivity (Wildman–Crippen MR) is 84.0 cm³/mol. The topological polar surface area (TPSA) is 56.0 Å². The number of pyridine rings is 1. The molecule has 0 aliphatic rings. The minimum Gasteiger partial charge on any atom is -0.258 e. The molecule has 0 atom stereocenters. The van der Waals surface area contributed by atoms with Crippen molar-refractivity contribution in [1.82, 2.24) is 4.98 Å². The molecule has 0 aliphatic heterocycles. The highest BCUT2D eigenvalue weighted by atomic mass is 35.5. The Morgan fingerprint density at radius 3 is 2.57 bits per heavy atom. The van der Waals surface area contributed by atoms with Crippen LogP contribution >= 0.6 is 23.4 Å². The maximum absolute atomic E-state index is 10.8. The van der Waals surface area contributed by atoms with Crippen LogP contribution in [0.2, 0.25) is 5.15 Å². The number of hydrogen-bond donors (Lipinski definition) is 0. The Bertz CT molecular complexity index is 839. The standard InChI is InChI=1S/C15H9ClN2O2S/c16-14-8-12(18(19)20)9-15(17-14)21-13-6-5-10-3-1-2-4-11(10)7-13/h1-9H. The molecule has 3 aromatic rings. The first-order valence-corrected chi connectivity index (χ1v) is 7.30. The smallest absolute Gasteiger partial charge is 0.258 e. The summed E-state index contributed by atoms with van der Waals surface area (Å²) in [6.07, 6.45) is 0. The lowest BCUT2D eigenvalue weighted by molar-refractivity contribution is -0.385. The van der Waals surface area contributed by atoms with Gasteiger partial charge in [-0.25, -0.2) is 4.98 Å². The zero-order chi connectivity index (χ0) is 14.8. The van der Waals surface area contributed by atoms with E-state index in [1.807, 2.05) is 42.5 Å². The average Bonchev–Trinajstić information content (AvgIpc) is 2.46. The molecule has 0 saturated heterocycles. The van der Waals surface area contributed by atoms with Crippen LogP contribution in [0, 0.1) is 10.1 Å². The fourth-order valence-corrected chi connectivity index (χ4v) is 3.11. The van der Waals surface area contributed by atoms with Crippen LogP contribution < -0.4 is 0 Å². The molecule has 21 heavy (non-hydrogen) atoms. The summed E-state index contributed by atoms with van der Waals surface area (Å²) in [4.78, 5) is 15.4. The third-order valence-corrected chi connectivity index (χ3v) is 4.01. The lowest BCUT2D eigenvalue weighted by Crippen LogP contribution is -1.90. The van der Waals surface area contributed by atoms with Gasteiger partial charge in [-0.1, -0.05) is 53.7 Å². The van der Waals surface area contributed by atoms with Crippen molar-refractivity contribution in [2.45, 2.75) is 9.92 Å². The molecule has 0 aliphatic carbocycles. The number of rotatable bonds is 3. The van der Waals surface area contributed by atoms with Crippen molar-refractivity contribution in [1.29, 1.82) is 0 Å². The van der Waals surface area contributed by atoms with E-state index in [1.165, 1.54) is 23.9 Å². The van der Waals surface area contributed by atoms with Gasteiger partial charge < -0.3 is 0 Å². The molecule has 0 amide bonds. The Morgan fingerprint density at radius 2 is 1.81 bits per heavy atom. The molecule has 6 heteroatoms. The largest absolute Gasteiger partial charge is 0.275 e. The van der Waals surface area contributed by atoms with Gasteiger partial charge in [-0.2, -0.15) is 0 Å². The number of aromatic nitrogens is 1. The van der Waals surface area contributed by atoms with Crippen molar-refractivity contribution >= 4 is 39.8 Å². The molecular formula is C15H9ClN2O2S. The van der Waals surface area contributed by atoms with Gasteiger partial charge >= 0.3 is 0 Å². The SMILES string of the molecule is O=[N+]([O-])c1cc(Cl)nc(Sc2ccc3ccccc3c2)c1. The van der Waals surface area contributed by atoms with Gasteiger partial charge in [0.2, 0.25) is 0 Å². The van der Waals surface area contributed by atoms with Gasteiger partial charge in [-0.15, -0.1) is 0 Å². The molecule has 1 aromatic heterocycles. The molecule has 3 rings (SSSR count). The van der Waals surface area contributed by atoms with Crippen LogP contribution in [0.1, 0.15) is 0 Å². The average molecular weight is 317 g/mol. The summed E-state index contributed by atoms with van der Waals surface area (Å²) < 4.78 is 0. The molecule has 0 radical (unpaired) electrons. The van der Waals surface area contributed by atoms with E-state index in [-0.39, 0.29) is 10.8 Å². The second-order valence-electron chi connectivity index (χ2n) is 4.35. The van der Waals surface area contributed by atoms with Crippen molar-refractivity contribution in [3.63, 3.8) is 0 Å². The first-order chi connectivity index (χ1) is 10.1. The number of halogens is 1. The van der Waals surface area contributed by atoms with Gasteiger partial charge in [0.25, 0.3) is 5.69 Å². The van der Waals surface area contributed by atoms with Gasteiger partial charge in [0.05, 0.1) is 11.0 Å². The van der Waals surface area contributed by atoms with E-state index in [9.17, 15) is 10.1 Å². The van der Waals surface area contributed by atoms with Crippen LogP contribution in [-0.4, -0.2) is 9.91 Å². The molecule has 2 aromatic carbocycles. The zero-order valence-corrected chi connectivity index (χ0v) is 12.3. The highest BCUT2D eigenvalue weighted by molar-refractivity contribution is 7.99. The van der Waals surface area contributed by atoms with Crippen LogP contribution in [0.4, 0.5) is 5.69 Å². The van der Waals surface area contributed by atoms with Gasteiger partial charge in [0.15, 0.2) is 0 Å². The molecule has 4 nitrogen and oxygen atoms in total. The summed E-state index contributed by atoms with van der Waals surface area (Å²) >= 11 is 7.17. The van der Waals surface area contributed by atoms with Crippen LogP contribution in [0.15, 0.2) is 64.5 Å². The number of nitro groups is 1. The quantitative estimate of drug-likeness (QED) is 0.390. The Hall–Kier alpha value is -2.11. The summed E-state index contributed by atoms with van der Waals surface area (Å²) in [5, 5.41) is 13.7. The highest BCUT2D eigenvalue weighted by Crippen LogP contribution is 2.32. The molecule has 0 fully saturated rings. The third-order valence-electron chi connectivity index (χ3n) is 2.91. The van der Waals surface area contributed by atoms with Gasteiger partial charge in [-0.3, -0.25) is 10.1 Å². The Labute approximate surface area is 129 Å². The second-order valence-corrected chi connectivity index (χ2v) is 5.84. The Morgan fingerprint density at radius 1 is 1.05 bits per heavy atom.